The largest absolute Gasteiger partial charge is 0.352 e. The number of hydrogen-bond acceptors (Lipinski definition) is 4. The number of amides is 2. The summed E-state index contributed by atoms with van der Waals surface area (Å²) in [5, 5.41) is 5.78. The van der Waals surface area contributed by atoms with Gasteiger partial charge in [0, 0.05) is 24.5 Å². The molecule has 0 spiro atoms. The first-order chi connectivity index (χ1) is 15.5. The van der Waals surface area contributed by atoms with E-state index < -0.39 is 11.5 Å². The molecule has 0 atom stereocenters. The van der Waals surface area contributed by atoms with Crippen LogP contribution in [0.15, 0.2) is 47.7 Å². The number of benzene rings is 1. The van der Waals surface area contributed by atoms with Gasteiger partial charge in [0.1, 0.15) is 12.1 Å². The SMILES string of the molecule is CCCn1cnc2cc(NC(=O)c3cccn(CC(=O)NC4CCCCC4)c3=O)ccc21. The van der Waals surface area contributed by atoms with Gasteiger partial charge in [-0.2, -0.15) is 0 Å². The average molecular weight is 436 g/mol. The van der Waals surface area contributed by atoms with Gasteiger partial charge in [0.15, 0.2) is 0 Å². The zero-order valence-corrected chi connectivity index (χ0v) is 18.3. The number of pyridine rings is 1. The van der Waals surface area contributed by atoms with Crippen molar-refractivity contribution in [3.05, 3.63) is 58.8 Å². The number of nitrogens with one attached hydrogen (secondary N) is 2. The molecule has 0 unspecified atom stereocenters. The normalized spacial score (nSPS) is 14.4. The molecule has 0 aliphatic heterocycles. The monoisotopic (exact) mass is 435 g/mol. The molecule has 2 amide bonds. The summed E-state index contributed by atoms with van der Waals surface area (Å²) in [5.41, 5.74) is 1.85. The highest BCUT2D eigenvalue weighted by Gasteiger charge is 2.18. The highest BCUT2D eigenvalue weighted by atomic mass is 16.2. The minimum atomic E-state index is -0.510. The Labute approximate surface area is 186 Å². The van der Waals surface area contributed by atoms with E-state index in [4.69, 9.17) is 0 Å². The lowest BCUT2D eigenvalue weighted by Gasteiger charge is -2.22. The van der Waals surface area contributed by atoms with Gasteiger partial charge in [-0.15, -0.1) is 0 Å². The maximum Gasteiger partial charge on any atom is 0.263 e. The minimum absolute atomic E-state index is 0.00502. The lowest BCUT2D eigenvalue weighted by atomic mass is 9.95. The predicted octanol–water partition coefficient (Wildman–Crippen LogP) is 3.31. The maximum atomic E-state index is 12.8. The number of carbonyl (C=O) groups is 2. The second-order valence-electron chi connectivity index (χ2n) is 8.35. The highest BCUT2D eigenvalue weighted by molar-refractivity contribution is 6.04. The number of aryl methyl sites for hydroxylation is 1. The van der Waals surface area contributed by atoms with E-state index in [1.54, 1.807) is 24.5 Å². The van der Waals surface area contributed by atoms with Crippen molar-refractivity contribution >= 4 is 28.5 Å². The fourth-order valence-corrected chi connectivity index (χ4v) is 4.27. The van der Waals surface area contributed by atoms with Gasteiger partial charge >= 0.3 is 0 Å². The van der Waals surface area contributed by atoms with Crippen molar-refractivity contribution in [2.75, 3.05) is 5.32 Å². The molecule has 1 aromatic carbocycles. The lowest BCUT2D eigenvalue weighted by molar-refractivity contribution is -0.122. The Bertz CT molecular complexity index is 1170. The number of carbonyl (C=O) groups excluding carboxylic acids is 2. The molecule has 1 aliphatic rings. The number of aromatic nitrogens is 3. The van der Waals surface area contributed by atoms with E-state index in [2.05, 4.69) is 27.1 Å². The zero-order valence-electron chi connectivity index (χ0n) is 18.3. The molecule has 32 heavy (non-hydrogen) atoms. The Balaban J connectivity index is 1.45. The number of anilines is 1. The van der Waals surface area contributed by atoms with Crippen LogP contribution in [-0.4, -0.2) is 32.0 Å². The molecule has 0 radical (unpaired) electrons. The molecule has 2 N–H and O–H groups in total. The summed E-state index contributed by atoms with van der Waals surface area (Å²) in [7, 11) is 0. The van der Waals surface area contributed by atoms with Gasteiger partial charge in [-0.3, -0.25) is 14.4 Å². The topological polar surface area (TPSA) is 98.0 Å². The molecule has 2 aromatic heterocycles. The van der Waals surface area contributed by atoms with Crippen LogP contribution < -0.4 is 16.2 Å². The number of imidazole rings is 1. The van der Waals surface area contributed by atoms with Crippen LogP contribution in [0.4, 0.5) is 5.69 Å². The van der Waals surface area contributed by atoms with E-state index in [1.165, 1.54) is 23.3 Å². The third-order valence-corrected chi connectivity index (χ3v) is 5.89. The van der Waals surface area contributed by atoms with Crippen LogP contribution in [0.5, 0.6) is 0 Å². The quantitative estimate of drug-likeness (QED) is 0.595. The maximum absolute atomic E-state index is 12.8. The van der Waals surface area contributed by atoms with Gasteiger partial charge in [-0.05, 0) is 49.6 Å². The van der Waals surface area contributed by atoms with Gasteiger partial charge in [0.2, 0.25) is 5.91 Å². The van der Waals surface area contributed by atoms with Crippen LogP contribution in [-0.2, 0) is 17.9 Å². The molecule has 0 saturated heterocycles. The molecule has 1 fully saturated rings. The van der Waals surface area contributed by atoms with Gasteiger partial charge in [-0.25, -0.2) is 4.98 Å². The number of fused-ring (bicyclic) bond motifs is 1. The van der Waals surface area contributed by atoms with Crippen molar-refractivity contribution in [1.82, 2.24) is 19.4 Å². The van der Waals surface area contributed by atoms with Gasteiger partial charge in [-0.1, -0.05) is 26.2 Å². The Kier molecular flexibility index (Phi) is 6.68. The third kappa shape index (κ3) is 4.90. The number of rotatable bonds is 7. The molecule has 0 bridgehead atoms. The van der Waals surface area contributed by atoms with Gasteiger partial charge in [0.05, 0.1) is 17.4 Å². The standard InChI is InChI=1S/C24H29N5O3/c1-2-12-29-16-25-20-14-18(10-11-21(20)29)27-23(31)19-9-6-13-28(24(19)32)15-22(30)26-17-7-4-3-5-8-17/h6,9-11,13-14,16-17H,2-5,7-8,12,15H2,1H3,(H,26,30)(H,27,31). The summed E-state index contributed by atoms with van der Waals surface area (Å²) in [4.78, 5) is 42.4. The van der Waals surface area contributed by atoms with Crippen molar-refractivity contribution in [2.45, 2.75) is 64.6 Å². The predicted molar refractivity (Wildman–Crippen MR) is 124 cm³/mol. The minimum Gasteiger partial charge on any atom is -0.352 e. The Morgan fingerprint density at radius 3 is 2.72 bits per heavy atom. The van der Waals surface area contributed by atoms with E-state index in [0.717, 1.165) is 49.7 Å². The van der Waals surface area contributed by atoms with Crippen molar-refractivity contribution in [2.24, 2.45) is 0 Å². The van der Waals surface area contributed by atoms with Crippen LogP contribution in [0.25, 0.3) is 11.0 Å². The van der Waals surface area contributed by atoms with E-state index in [1.807, 2.05) is 6.07 Å². The van der Waals surface area contributed by atoms with Crippen LogP contribution in [0.1, 0.15) is 55.8 Å². The molecule has 2 heterocycles. The first-order valence-corrected chi connectivity index (χ1v) is 11.3. The van der Waals surface area contributed by atoms with E-state index in [9.17, 15) is 14.4 Å². The Morgan fingerprint density at radius 1 is 1.12 bits per heavy atom. The second-order valence-corrected chi connectivity index (χ2v) is 8.35. The summed E-state index contributed by atoms with van der Waals surface area (Å²) < 4.78 is 3.35. The molecule has 8 nitrogen and oxygen atoms in total. The lowest BCUT2D eigenvalue weighted by Crippen LogP contribution is -2.40. The van der Waals surface area contributed by atoms with Gasteiger partial charge in [0.25, 0.3) is 11.5 Å². The fraction of sp³-hybridized carbons (Fsp3) is 0.417. The van der Waals surface area contributed by atoms with Crippen molar-refractivity contribution < 1.29 is 9.59 Å². The second kappa shape index (κ2) is 9.80. The van der Waals surface area contributed by atoms with E-state index in [-0.39, 0.29) is 24.1 Å². The molecule has 3 aromatic rings. The van der Waals surface area contributed by atoms with Crippen LogP contribution >= 0.6 is 0 Å². The van der Waals surface area contributed by atoms with E-state index in [0.29, 0.717) is 5.69 Å². The molecule has 1 aliphatic carbocycles. The molecular weight excluding hydrogens is 406 g/mol. The highest BCUT2D eigenvalue weighted by Crippen LogP contribution is 2.19. The van der Waals surface area contributed by atoms with E-state index >= 15 is 0 Å². The Morgan fingerprint density at radius 2 is 1.94 bits per heavy atom. The first kappa shape index (κ1) is 21.8. The first-order valence-electron chi connectivity index (χ1n) is 11.3. The summed E-state index contributed by atoms with van der Waals surface area (Å²) >= 11 is 0. The van der Waals surface area contributed by atoms with Crippen molar-refractivity contribution in [3.63, 3.8) is 0 Å². The number of hydrogen-bond donors (Lipinski definition) is 2. The molecule has 168 valence electrons. The Hall–Kier alpha value is -3.42. The van der Waals surface area contributed by atoms with Crippen molar-refractivity contribution in [1.29, 1.82) is 0 Å². The molecule has 4 rings (SSSR count). The zero-order chi connectivity index (χ0) is 22.5. The molecule has 8 heteroatoms. The molecular formula is C24H29N5O3. The fourth-order valence-electron chi connectivity index (χ4n) is 4.27. The smallest absolute Gasteiger partial charge is 0.263 e. The summed E-state index contributed by atoms with van der Waals surface area (Å²) in [5.74, 6) is -0.714. The van der Waals surface area contributed by atoms with Crippen LogP contribution in [0, 0.1) is 0 Å². The molecule has 1 saturated carbocycles. The van der Waals surface area contributed by atoms with Crippen LogP contribution in [0.2, 0.25) is 0 Å². The van der Waals surface area contributed by atoms with Gasteiger partial charge < -0.3 is 19.8 Å². The number of nitrogens with zero attached hydrogens (tertiary/aromatic N) is 3. The summed E-state index contributed by atoms with van der Waals surface area (Å²) in [6, 6.07) is 8.76. The van der Waals surface area contributed by atoms with Crippen molar-refractivity contribution in [3.8, 4) is 0 Å². The summed E-state index contributed by atoms with van der Waals surface area (Å²) in [6.45, 7) is 2.88. The summed E-state index contributed by atoms with van der Waals surface area (Å²) in [6.07, 6.45) is 9.71. The average Bonchev–Trinajstić information content (AvgIpc) is 3.18. The third-order valence-electron chi connectivity index (χ3n) is 5.89. The van der Waals surface area contributed by atoms with Crippen LogP contribution in [0.3, 0.4) is 0 Å².